The molecule has 0 fully saturated rings. The zero-order valence-corrected chi connectivity index (χ0v) is 4.58. The summed E-state index contributed by atoms with van der Waals surface area (Å²) in [6.45, 7) is -5.64. The van der Waals surface area contributed by atoms with Crippen LogP contribution in [0.25, 0.3) is 0 Å². The maximum absolute atomic E-state index is 7.63. The van der Waals surface area contributed by atoms with Gasteiger partial charge in [0.1, 0.15) is 0 Å². The van der Waals surface area contributed by atoms with Gasteiger partial charge >= 0.3 is 0 Å². The summed E-state index contributed by atoms with van der Waals surface area (Å²) in [4.78, 5) is 0. The second-order valence-corrected chi connectivity index (χ2v) is 1.54. The Morgan fingerprint density at radius 1 is 1.56 bits per heavy atom. The number of hydrogen-bond acceptors (Lipinski definition) is 1. The predicted octanol–water partition coefficient (Wildman–Crippen LogP) is 1.89. The molecule has 0 saturated heterocycles. The lowest BCUT2D eigenvalue weighted by Gasteiger charge is -1.98. The fourth-order valence-electron chi connectivity index (χ4n) is 0.416. The van der Waals surface area contributed by atoms with Crippen LogP contribution in [-0.2, 0) is 0 Å². The molecule has 9 heavy (non-hydrogen) atoms. The van der Waals surface area contributed by atoms with Crippen LogP contribution in [0.4, 0.5) is 5.69 Å². The Balaban J connectivity index is 3.83. The molecule has 1 nitrogen and oxygen atoms in total. The largest absolute Gasteiger partial charge is 0.399 e. The minimum Gasteiger partial charge on any atom is -0.399 e. The summed E-state index contributed by atoms with van der Waals surface area (Å²) < 4.78 is 65.9. The van der Waals surface area contributed by atoms with Crippen LogP contribution in [0.5, 0.6) is 0 Å². The lowest BCUT2D eigenvalue weighted by Crippen LogP contribution is -1.88. The molecule has 2 N–H and O–H groups in total. The number of nitrogen functional groups attached to an aromatic ring is 1. The van der Waals surface area contributed by atoms with Crippen molar-refractivity contribution in [3.8, 4) is 0 Å². The second kappa shape index (κ2) is 2.09. The van der Waals surface area contributed by atoms with Crippen molar-refractivity contribution in [3.63, 3.8) is 0 Å². The summed E-state index contributed by atoms with van der Waals surface area (Å²) >= 11 is 0. The molecule has 0 bridgehead atoms. The van der Waals surface area contributed by atoms with E-state index < -0.39 is 48.6 Å². The molecule has 48 valence electrons. The van der Waals surface area contributed by atoms with Crippen LogP contribution in [0.1, 0.15) is 23.5 Å². The molecule has 0 saturated carbocycles. The average molecular weight is 130 g/mol. The van der Waals surface area contributed by atoms with Gasteiger partial charge < -0.3 is 5.73 Å². The highest BCUT2D eigenvalue weighted by atomic mass is 14.5. The maximum atomic E-state index is 7.63. The summed E-state index contributed by atoms with van der Waals surface area (Å²) in [7, 11) is 0. The number of anilines is 1. The van der Waals surface area contributed by atoms with Crippen molar-refractivity contribution in [1.29, 1.82) is 0 Å². The molecule has 0 atom stereocenters. The smallest absolute Gasteiger partial charge is 0.0645 e. The van der Waals surface area contributed by atoms with Crippen molar-refractivity contribution < 1.29 is 12.3 Å². The van der Waals surface area contributed by atoms with Crippen molar-refractivity contribution in [1.82, 2.24) is 0 Å². The summed E-state index contributed by atoms with van der Waals surface area (Å²) in [5.41, 5.74) is 3.43. The van der Waals surface area contributed by atoms with Crippen LogP contribution < -0.4 is 5.73 Å². The Morgan fingerprint density at radius 2 is 2.44 bits per heavy atom. The average Bonchev–Trinajstić information content (AvgIpc) is 2.09. The van der Waals surface area contributed by atoms with Crippen LogP contribution in [0.2, 0.25) is 0 Å². The third-order valence-corrected chi connectivity index (χ3v) is 0.842. The third kappa shape index (κ3) is 1.22. The molecule has 0 unspecified atom stereocenters. The fourth-order valence-corrected chi connectivity index (χ4v) is 0.416. The molecule has 0 aliphatic carbocycles. The van der Waals surface area contributed by atoms with Gasteiger partial charge in [-0.15, -0.1) is 0 Å². The zero-order valence-electron chi connectivity index (χ0n) is 13.6. The maximum Gasteiger partial charge on any atom is 0.0645 e. The van der Waals surface area contributed by atoms with Gasteiger partial charge in [-0.05, 0) is 25.3 Å². The van der Waals surface area contributed by atoms with Gasteiger partial charge in [-0.25, -0.2) is 0 Å². The third-order valence-electron chi connectivity index (χ3n) is 0.842. The monoisotopic (exact) mass is 130 g/mol. The van der Waals surface area contributed by atoms with Gasteiger partial charge in [0.25, 0.3) is 0 Å². The quantitative estimate of drug-likeness (QED) is 0.533. The van der Waals surface area contributed by atoms with Gasteiger partial charge in [0.15, 0.2) is 0 Å². The van der Waals surface area contributed by atoms with Gasteiger partial charge in [-0.2, -0.15) is 0 Å². The lowest BCUT2D eigenvalue weighted by molar-refractivity contribution is 1.39. The SMILES string of the molecule is [2H]c1c([2H])c(C([2H])([2H])[2H])c([2H])c(C([2H])([2H])[2H])c1N. The van der Waals surface area contributed by atoms with Crippen LogP contribution in [0, 0.1) is 13.7 Å². The Labute approximate surface area is 68.1 Å². The molecule has 1 aromatic carbocycles. The highest BCUT2D eigenvalue weighted by Crippen LogP contribution is 2.10. The summed E-state index contributed by atoms with van der Waals surface area (Å²) in [5.74, 6) is 0. The Morgan fingerprint density at radius 3 is 3.11 bits per heavy atom. The first kappa shape index (κ1) is 1.36. The molecule has 0 radical (unpaired) electrons. The lowest BCUT2D eigenvalue weighted by atomic mass is 10.1. The fraction of sp³-hybridized carbons (Fsp3) is 0.250. The van der Waals surface area contributed by atoms with Crippen molar-refractivity contribution >= 4 is 5.69 Å². The molecule has 1 aromatic rings. The number of rotatable bonds is 0. The van der Waals surface area contributed by atoms with E-state index in [2.05, 4.69) is 0 Å². The van der Waals surface area contributed by atoms with E-state index >= 15 is 0 Å². The van der Waals surface area contributed by atoms with Gasteiger partial charge in [-0.3, -0.25) is 0 Å². The van der Waals surface area contributed by atoms with E-state index in [1.807, 2.05) is 0 Å². The molecule has 1 rings (SSSR count). The number of hydrogen-bond donors (Lipinski definition) is 1. The molecule has 1 heteroatoms. The molecule has 0 amide bonds. The first-order valence-electron chi connectivity index (χ1n) is 6.79. The Hall–Kier alpha value is -0.980. The summed E-state index contributed by atoms with van der Waals surface area (Å²) in [5, 5.41) is 0. The first-order valence-corrected chi connectivity index (χ1v) is 2.29. The van der Waals surface area contributed by atoms with Crippen molar-refractivity contribution in [2.75, 3.05) is 5.73 Å². The van der Waals surface area contributed by atoms with E-state index in [-0.39, 0.29) is 0 Å². The topological polar surface area (TPSA) is 26.0 Å². The van der Waals surface area contributed by atoms with E-state index in [4.69, 9.17) is 18.1 Å². The number of benzene rings is 1. The van der Waals surface area contributed by atoms with E-state index in [1.54, 1.807) is 0 Å². The highest BCUT2D eigenvalue weighted by molar-refractivity contribution is 5.47. The molecule has 0 spiro atoms. The van der Waals surface area contributed by atoms with Crippen LogP contribution in [0.3, 0.4) is 0 Å². The minimum atomic E-state index is -2.84. The van der Waals surface area contributed by atoms with Crippen LogP contribution in [0.15, 0.2) is 18.1 Å². The highest BCUT2D eigenvalue weighted by Gasteiger charge is 1.89. The van der Waals surface area contributed by atoms with E-state index in [0.29, 0.717) is 0 Å². The van der Waals surface area contributed by atoms with E-state index in [9.17, 15) is 0 Å². The van der Waals surface area contributed by atoms with Crippen LogP contribution >= 0.6 is 0 Å². The molecular weight excluding hydrogens is 110 g/mol. The first-order chi connectivity index (χ1) is 7.89. The van der Waals surface area contributed by atoms with Gasteiger partial charge in [0.05, 0.1) is 4.11 Å². The normalized spacial score (nSPS) is 26.9. The molecule has 0 aliphatic heterocycles. The standard InChI is InChI=1S/C8H11N/c1-6-3-4-8(9)7(2)5-6/h3-5H,9H2,1-2H3/i1D3,2D3,3D,4D,5D. The molecular formula is C8H11N. The van der Waals surface area contributed by atoms with Crippen molar-refractivity contribution in [2.45, 2.75) is 13.7 Å². The van der Waals surface area contributed by atoms with Crippen molar-refractivity contribution in [3.05, 3.63) is 29.3 Å². The Bertz CT molecular complexity index is 444. The van der Waals surface area contributed by atoms with Crippen LogP contribution in [-0.4, -0.2) is 0 Å². The zero-order chi connectivity index (χ0) is 14.5. The van der Waals surface area contributed by atoms with Gasteiger partial charge in [0, 0.05) is 13.9 Å². The number of nitrogens with two attached hydrogens (primary N) is 1. The predicted molar refractivity (Wildman–Crippen MR) is 40.3 cm³/mol. The second-order valence-electron chi connectivity index (χ2n) is 1.54. The minimum absolute atomic E-state index is 0.544. The van der Waals surface area contributed by atoms with Gasteiger partial charge in [0.2, 0.25) is 0 Å². The summed E-state index contributed by atoms with van der Waals surface area (Å²) in [6.07, 6.45) is 0. The van der Waals surface area contributed by atoms with E-state index in [1.165, 1.54) is 0 Å². The molecule has 0 heterocycles. The molecule has 0 aliphatic rings. The Kier molecular flexibility index (Phi) is 0.318. The summed E-state index contributed by atoms with van der Waals surface area (Å²) in [6, 6.07) is -2.22. The van der Waals surface area contributed by atoms with Gasteiger partial charge in [-0.1, -0.05) is 17.6 Å². The molecule has 0 aromatic heterocycles. The van der Waals surface area contributed by atoms with E-state index in [0.717, 1.165) is 0 Å². The van der Waals surface area contributed by atoms with Crippen molar-refractivity contribution in [2.24, 2.45) is 0 Å².